The second-order valence-electron chi connectivity index (χ2n) is 7.08. The Morgan fingerprint density at radius 2 is 1.69 bits per heavy atom. The van der Waals surface area contributed by atoms with Crippen molar-refractivity contribution in [2.24, 2.45) is 0 Å². The lowest BCUT2D eigenvalue weighted by molar-refractivity contribution is -0.129. The molecular formula is C22H27N3O4. The number of epoxide rings is 1. The number of nitrogens with one attached hydrogen (secondary N) is 3. The van der Waals surface area contributed by atoms with Gasteiger partial charge in [-0.2, -0.15) is 0 Å². The van der Waals surface area contributed by atoms with Crippen LogP contribution >= 0.6 is 0 Å². The van der Waals surface area contributed by atoms with Crippen molar-refractivity contribution in [2.75, 3.05) is 6.54 Å². The first-order chi connectivity index (χ1) is 14.0. The van der Waals surface area contributed by atoms with Crippen molar-refractivity contribution in [2.45, 2.75) is 51.5 Å². The summed E-state index contributed by atoms with van der Waals surface area (Å²) in [6.45, 7) is 4.59. The van der Waals surface area contributed by atoms with Gasteiger partial charge in [-0.25, -0.2) is 0 Å². The number of benzene rings is 2. The van der Waals surface area contributed by atoms with Crippen molar-refractivity contribution in [3.8, 4) is 0 Å². The minimum Gasteiger partial charge on any atom is -0.354 e. The average Bonchev–Trinajstić information content (AvgIpc) is 3.53. The largest absolute Gasteiger partial charge is 0.354 e. The van der Waals surface area contributed by atoms with Crippen LogP contribution in [0.25, 0.3) is 10.8 Å². The molecule has 0 spiro atoms. The maximum atomic E-state index is 12.7. The molecule has 1 fully saturated rings. The first kappa shape index (κ1) is 20.8. The van der Waals surface area contributed by atoms with E-state index in [1.807, 2.05) is 49.4 Å². The normalized spacial score (nSPS) is 18.7. The molecule has 1 aliphatic heterocycles. The fourth-order valence-electron chi connectivity index (χ4n) is 3.35. The third kappa shape index (κ3) is 5.12. The second-order valence-corrected chi connectivity index (χ2v) is 7.08. The molecule has 0 bridgehead atoms. The van der Waals surface area contributed by atoms with Gasteiger partial charge >= 0.3 is 0 Å². The van der Waals surface area contributed by atoms with E-state index in [-0.39, 0.29) is 11.8 Å². The number of carbonyl (C=O) groups is 3. The summed E-state index contributed by atoms with van der Waals surface area (Å²) >= 11 is 0. The number of fused-ring (bicyclic) bond motifs is 1. The number of likely N-dealkylation sites (N-methyl/N-ethyl adjacent to an activating group) is 1. The highest BCUT2D eigenvalue weighted by atomic mass is 16.6. The Bertz CT molecular complexity index is 893. The standard InChI is InChI=1S/C22H27N3O4/c1-3-8-17(25-22(28)19-18(29-19)21(27)23-4-2)20(26)24-13-15-11-7-10-14-9-5-6-12-16(14)15/h5-7,9-12,17-19H,3-4,8,13H2,1-2H3,(H,23,27)(H,24,26)(H,25,28)/t17-,18+,19+/m0/s1. The van der Waals surface area contributed by atoms with E-state index in [1.54, 1.807) is 6.92 Å². The minimum absolute atomic E-state index is 0.247. The molecule has 3 rings (SSSR count). The molecular weight excluding hydrogens is 370 g/mol. The maximum absolute atomic E-state index is 12.7. The first-order valence-electron chi connectivity index (χ1n) is 10.0. The van der Waals surface area contributed by atoms with Gasteiger partial charge in [0.15, 0.2) is 12.2 Å². The second kappa shape index (κ2) is 9.52. The summed E-state index contributed by atoms with van der Waals surface area (Å²) in [7, 11) is 0. The molecule has 3 N–H and O–H groups in total. The van der Waals surface area contributed by atoms with Crippen LogP contribution in [0.3, 0.4) is 0 Å². The van der Waals surface area contributed by atoms with Crippen LogP contribution in [0.15, 0.2) is 42.5 Å². The zero-order valence-electron chi connectivity index (χ0n) is 16.7. The Hall–Kier alpha value is -2.93. The molecule has 7 heteroatoms. The molecule has 3 amide bonds. The Labute approximate surface area is 170 Å². The molecule has 0 radical (unpaired) electrons. The molecule has 0 saturated carbocycles. The zero-order chi connectivity index (χ0) is 20.8. The highest BCUT2D eigenvalue weighted by Crippen LogP contribution is 2.23. The van der Waals surface area contributed by atoms with Gasteiger partial charge in [0, 0.05) is 13.1 Å². The third-order valence-electron chi connectivity index (χ3n) is 4.90. The van der Waals surface area contributed by atoms with Crippen LogP contribution in [0, 0.1) is 0 Å². The van der Waals surface area contributed by atoms with Crippen LogP contribution in [0.1, 0.15) is 32.3 Å². The SMILES string of the molecule is CCC[C@H](NC(=O)[C@@H]1O[C@H]1C(=O)NCC)C(=O)NCc1cccc2ccccc12. The smallest absolute Gasteiger partial charge is 0.253 e. The van der Waals surface area contributed by atoms with Gasteiger partial charge in [0.05, 0.1) is 0 Å². The van der Waals surface area contributed by atoms with Crippen LogP contribution in [-0.4, -0.2) is 42.5 Å². The Kier molecular flexibility index (Phi) is 6.82. The molecule has 0 aromatic heterocycles. The van der Waals surface area contributed by atoms with E-state index in [1.165, 1.54) is 0 Å². The fourth-order valence-corrected chi connectivity index (χ4v) is 3.35. The molecule has 2 aromatic carbocycles. The number of carbonyl (C=O) groups excluding carboxylic acids is 3. The molecule has 7 nitrogen and oxygen atoms in total. The van der Waals surface area contributed by atoms with Gasteiger partial charge in [-0.05, 0) is 29.7 Å². The summed E-state index contributed by atoms with van der Waals surface area (Å²) in [5, 5.41) is 10.5. The van der Waals surface area contributed by atoms with Crippen molar-refractivity contribution >= 4 is 28.5 Å². The summed E-state index contributed by atoms with van der Waals surface area (Å²) in [5.41, 5.74) is 1.01. The topological polar surface area (TPSA) is 99.8 Å². The predicted octanol–water partition coefficient (Wildman–Crippen LogP) is 1.64. The van der Waals surface area contributed by atoms with E-state index in [4.69, 9.17) is 4.74 Å². The predicted molar refractivity (Wildman–Crippen MR) is 110 cm³/mol. The number of ether oxygens (including phenoxy) is 1. The molecule has 3 atom stereocenters. The van der Waals surface area contributed by atoms with Crippen LogP contribution < -0.4 is 16.0 Å². The molecule has 0 aliphatic carbocycles. The van der Waals surface area contributed by atoms with E-state index in [0.717, 1.165) is 22.8 Å². The minimum atomic E-state index is -0.827. The van der Waals surface area contributed by atoms with Crippen LogP contribution in [0.4, 0.5) is 0 Å². The van der Waals surface area contributed by atoms with E-state index in [9.17, 15) is 14.4 Å². The van der Waals surface area contributed by atoms with E-state index in [2.05, 4.69) is 16.0 Å². The quantitative estimate of drug-likeness (QED) is 0.560. The zero-order valence-corrected chi connectivity index (χ0v) is 16.7. The summed E-state index contributed by atoms with van der Waals surface area (Å²) in [6.07, 6.45) is -0.355. The summed E-state index contributed by atoms with van der Waals surface area (Å²) in [6, 6.07) is 13.3. The molecule has 0 unspecified atom stereocenters. The Morgan fingerprint density at radius 1 is 0.966 bits per heavy atom. The number of hydrogen-bond acceptors (Lipinski definition) is 4. The Morgan fingerprint density at radius 3 is 2.45 bits per heavy atom. The summed E-state index contributed by atoms with van der Waals surface area (Å²) in [4.78, 5) is 36.8. The fraction of sp³-hybridized carbons (Fsp3) is 0.409. The number of rotatable bonds is 9. The molecule has 29 heavy (non-hydrogen) atoms. The van der Waals surface area contributed by atoms with Crippen molar-refractivity contribution < 1.29 is 19.1 Å². The van der Waals surface area contributed by atoms with Gasteiger partial charge < -0.3 is 20.7 Å². The summed E-state index contributed by atoms with van der Waals surface area (Å²) < 4.78 is 5.17. The van der Waals surface area contributed by atoms with Gasteiger partial charge in [0.1, 0.15) is 6.04 Å². The van der Waals surface area contributed by atoms with Crippen LogP contribution in [-0.2, 0) is 25.7 Å². The molecule has 2 aromatic rings. The van der Waals surface area contributed by atoms with Gasteiger partial charge in [0.25, 0.3) is 11.8 Å². The van der Waals surface area contributed by atoms with Crippen molar-refractivity contribution in [3.63, 3.8) is 0 Å². The van der Waals surface area contributed by atoms with Crippen LogP contribution in [0.2, 0.25) is 0 Å². The van der Waals surface area contributed by atoms with Gasteiger partial charge in [0.2, 0.25) is 5.91 Å². The number of hydrogen-bond donors (Lipinski definition) is 3. The molecule has 1 aliphatic rings. The lowest BCUT2D eigenvalue weighted by Crippen LogP contribution is -2.48. The highest BCUT2D eigenvalue weighted by Gasteiger charge is 2.50. The summed E-state index contributed by atoms with van der Waals surface area (Å²) in [5.74, 6) is -0.983. The average molecular weight is 397 g/mol. The number of amides is 3. The van der Waals surface area contributed by atoms with Crippen molar-refractivity contribution in [1.82, 2.24) is 16.0 Å². The van der Waals surface area contributed by atoms with Gasteiger partial charge in [-0.1, -0.05) is 55.8 Å². The van der Waals surface area contributed by atoms with Gasteiger partial charge in [-0.15, -0.1) is 0 Å². The Balaban J connectivity index is 1.58. The van der Waals surface area contributed by atoms with Gasteiger partial charge in [-0.3, -0.25) is 14.4 Å². The van der Waals surface area contributed by atoms with E-state index >= 15 is 0 Å². The lowest BCUT2D eigenvalue weighted by Gasteiger charge is -2.18. The maximum Gasteiger partial charge on any atom is 0.253 e. The monoisotopic (exact) mass is 397 g/mol. The van der Waals surface area contributed by atoms with E-state index in [0.29, 0.717) is 19.5 Å². The molecule has 1 heterocycles. The first-order valence-corrected chi connectivity index (χ1v) is 10.0. The molecule has 1 saturated heterocycles. The third-order valence-corrected chi connectivity index (χ3v) is 4.90. The van der Waals surface area contributed by atoms with Crippen LogP contribution in [0.5, 0.6) is 0 Å². The lowest BCUT2D eigenvalue weighted by atomic mass is 10.0. The van der Waals surface area contributed by atoms with Crippen molar-refractivity contribution in [1.29, 1.82) is 0 Å². The van der Waals surface area contributed by atoms with E-state index < -0.39 is 24.2 Å². The highest BCUT2D eigenvalue weighted by molar-refractivity contribution is 5.97. The van der Waals surface area contributed by atoms with Crippen molar-refractivity contribution in [3.05, 3.63) is 48.0 Å². The molecule has 154 valence electrons.